The van der Waals surface area contributed by atoms with E-state index in [1.54, 1.807) is 12.1 Å². The lowest BCUT2D eigenvalue weighted by atomic mass is 9.97. The van der Waals surface area contributed by atoms with Gasteiger partial charge in [-0.2, -0.15) is 0 Å². The van der Waals surface area contributed by atoms with Gasteiger partial charge in [0.25, 0.3) is 0 Å². The smallest absolute Gasteiger partial charge is 0.305 e. The Balaban J connectivity index is 1.68. The van der Waals surface area contributed by atoms with Crippen LogP contribution in [0.1, 0.15) is 37.7 Å². The number of aryl methyl sites for hydroxylation is 1. The number of sulfone groups is 1. The second kappa shape index (κ2) is 9.96. The van der Waals surface area contributed by atoms with Gasteiger partial charge in [-0.05, 0) is 77.4 Å². The molecule has 0 amide bonds. The van der Waals surface area contributed by atoms with Crippen molar-refractivity contribution >= 4 is 26.6 Å². The Bertz CT molecular complexity index is 1260. The van der Waals surface area contributed by atoms with Gasteiger partial charge in [-0.1, -0.05) is 37.1 Å². The molecule has 0 radical (unpaired) electrons. The zero-order valence-corrected chi connectivity index (χ0v) is 20.0. The molecule has 1 aliphatic carbocycles. The normalized spacial score (nSPS) is 14.5. The third-order valence-electron chi connectivity index (χ3n) is 6.39. The first kappa shape index (κ1) is 23.3. The number of esters is 1. The maximum Gasteiger partial charge on any atom is 0.305 e. The van der Waals surface area contributed by atoms with Crippen LogP contribution in [-0.2, 0) is 25.8 Å². The van der Waals surface area contributed by atoms with Crippen molar-refractivity contribution in [2.75, 3.05) is 20.0 Å². The first-order valence-corrected chi connectivity index (χ1v) is 13.3. The fourth-order valence-electron chi connectivity index (χ4n) is 4.44. The standard InChI is InChI=1S/C27H30O5S/c1-31-27(28)14-8-19-7-13-26(32-18-20-5-3-4-6-20)25(15-19)23-10-9-22-17-24(33(2,29)30)12-11-21(22)16-23/h7,9-13,15-17,20H,3-6,8,14,18H2,1-2H3. The molecule has 1 fully saturated rings. The van der Waals surface area contributed by atoms with Crippen LogP contribution in [-0.4, -0.2) is 34.4 Å². The monoisotopic (exact) mass is 466 g/mol. The Morgan fingerprint density at radius 1 is 0.970 bits per heavy atom. The summed E-state index contributed by atoms with van der Waals surface area (Å²) in [7, 11) is -1.86. The highest BCUT2D eigenvalue weighted by Gasteiger charge is 2.17. The van der Waals surface area contributed by atoms with Crippen LogP contribution < -0.4 is 4.74 Å². The van der Waals surface area contributed by atoms with E-state index in [1.165, 1.54) is 39.0 Å². The van der Waals surface area contributed by atoms with Crippen molar-refractivity contribution in [1.29, 1.82) is 0 Å². The molecule has 0 saturated heterocycles. The lowest BCUT2D eigenvalue weighted by Gasteiger charge is -2.17. The summed E-state index contributed by atoms with van der Waals surface area (Å²) >= 11 is 0. The maximum absolute atomic E-state index is 11.9. The molecule has 0 spiro atoms. The SMILES string of the molecule is COC(=O)CCc1ccc(OCC2CCCC2)c(-c2ccc3cc(S(C)(=O)=O)ccc3c2)c1. The molecule has 6 heteroatoms. The molecule has 0 aliphatic heterocycles. The number of rotatable bonds is 8. The summed E-state index contributed by atoms with van der Waals surface area (Å²) in [5.41, 5.74) is 3.01. The van der Waals surface area contributed by atoms with Crippen LogP contribution in [0.2, 0.25) is 0 Å². The van der Waals surface area contributed by atoms with Crippen LogP contribution in [0.15, 0.2) is 59.5 Å². The van der Waals surface area contributed by atoms with E-state index in [0.29, 0.717) is 30.3 Å². The van der Waals surface area contributed by atoms with Crippen molar-refractivity contribution in [1.82, 2.24) is 0 Å². The average molecular weight is 467 g/mol. The van der Waals surface area contributed by atoms with Gasteiger partial charge in [0, 0.05) is 18.2 Å². The van der Waals surface area contributed by atoms with Gasteiger partial charge >= 0.3 is 5.97 Å². The number of carbonyl (C=O) groups is 1. The molecule has 5 nitrogen and oxygen atoms in total. The number of hydrogen-bond donors (Lipinski definition) is 0. The predicted molar refractivity (Wildman–Crippen MR) is 130 cm³/mol. The third kappa shape index (κ3) is 5.74. The Hall–Kier alpha value is -2.86. The quantitative estimate of drug-likeness (QED) is 0.405. The summed E-state index contributed by atoms with van der Waals surface area (Å²) in [6.45, 7) is 0.708. The molecule has 0 aromatic heterocycles. The van der Waals surface area contributed by atoms with Crippen molar-refractivity contribution < 1.29 is 22.7 Å². The Morgan fingerprint density at radius 3 is 2.42 bits per heavy atom. The molecule has 0 unspecified atom stereocenters. The van der Waals surface area contributed by atoms with Crippen molar-refractivity contribution in [2.24, 2.45) is 5.92 Å². The number of benzene rings is 3. The molecule has 33 heavy (non-hydrogen) atoms. The summed E-state index contributed by atoms with van der Waals surface area (Å²) in [5.74, 6) is 1.20. The average Bonchev–Trinajstić information content (AvgIpc) is 3.34. The molecule has 0 heterocycles. The summed E-state index contributed by atoms with van der Waals surface area (Å²) in [4.78, 5) is 11.9. The van der Waals surface area contributed by atoms with Gasteiger partial charge in [0.05, 0.1) is 18.6 Å². The van der Waals surface area contributed by atoms with E-state index in [9.17, 15) is 13.2 Å². The highest BCUT2D eigenvalue weighted by Crippen LogP contribution is 2.35. The zero-order chi connectivity index (χ0) is 23.4. The van der Waals surface area contributed by atoms with E-state index in [4.69, 9.17) is 9.47 Å². The number of ether oxygens (including phenoxy) is 2. The fraction of sp³-hybridized carbons (Fsp3) is 0.370. The molecule has 0 atom stereocenters. The Kier molecular flexibility index (Phi) is 7.03. The number of fused-ring (bicyclic) bond motifs is 1. The molecule has 4 rings (SSSR count). The van der Waals surface area contributed by atoms with Gasteiger partial charge < -0.3 is 9.47 Å². The van der Waals surface area contributed by atoms with Crippen LogP contribution in [0.25, 0.3) is 21.9 Å². The lowest BCUT2D eigenvalue weighted by Crippen LogP contribution is -2.09. The minimum atomic E-state index is -3.26. The molecule has 1 saturated carbocycles. The Morgan fingerprint density at radius 2 is 1.70 bits per heavy atom. The van der Waals surface area contributed by atoms with Gasteiger partial charge in [0.2, 0.25) is 0 Å². The molecular weight excluding hydrogens is 436 g/mol. The summed E-state index contributed by atoms with van der Waals surface area (Å²) < 4.78 is 34.9. The topological polar surface area (TPSA) is 69.7 Å². The van der Waals surface area contributed by atoms with E-state index < -0.39 is 9.84 Å². The maximum atomic E-state index is 11.9. The Labute approximate surface area is 195 Å². The van der Waals surface area contributed by atoms with Crippen LogP contribution in [0, 0.1) is 5.92 Å². The third-order valence-corrected chi connectivity index (χ3v) is 7.50. The van der Waals surface area contributed by atoms with Gasteiger partial charge in [0.1, 0.15) is 5.75 Å². The van der Waals surface area contributed by atoms with Crippen molar-refractivity contribution in [3.05, 3.63) is 60.2 Å². The van der Waals surface area contributed by atoms with E-state index >= 15 is 0 Å². The van der Waals surface area contributed by atoms with Gasteiger partial charge in [-0.15, -0.1) is 0 Å². The van der Waals surface area contributed by atoms with E-state index in [1.807, 2.05) is 30.3 Å². The first-order valence-electron chi connectivity index (χ1n) is 11.4. The molecule has 3 aromatic carbocycles. The van der Waals surface area contributed by atoms with Crippen LogP contribution in [0.5, 0.6) is 5.75 Å². The van der Waals surface area contributed by atoms with Crippen LogP contribution in [0.4, 0.5) is 0 Å². The van der Waals surface area contributed by atoms with Crippen molar-refractivity contribution in [2.45, 2.75) is 43.4 Å². The molecule has 0 N–H and O–H groups in total. The largest absolute Gasteiger partial charge is 0.493 e. The zero-order valence-electron chi connectivity index (χ0n) is 19.2. The van der Waals surface area contributed by atoms with E-state index in [0.717, 1.165) is 33.2 Å². The highest BCUT2D eigenvalue weighted by atomic mass is 32.2. The first-order chi connectivity index (χ1) is 15.8. The number of carbonyl (C=O) groups excluding carboxylic acids is 1. The van der Waals surface area contributed by atoms with Gasteiger partial charge in [0.15, 0.2) is 9.84 Å². The molecule has 1 aliphatic rings. The highest BCUT2D eigenvalue weighted by molar-refractivity contribution is 7.90. The second-order valence-electron chi connectivity index (χ2n) is 8.86. The van der Waals surface area contributed by atoms with Crippen molar-refractivity contribution in [3.8, 4) is 16.9 Å². The predicted octanol–water partition coefficient (Wildman–Crippen LogP) is 5.58. The minimum absolute atomic E-state index is 0.231. The minimum Gasteiger partial charge on any atom is -0.493 e. The molecule has 174 valence electrons. The molecular formula is C27H30O5S. The van der Waals surface area contributed by atoms with Crippen LogP contribution >= 0.6 is 0 Å². The summed E-state index contributed by atoms with van der Waals surface area (Å²) in [6.07, 6.45) is 7.10. The van der Waals surface area contributed by atoms with E-state index in [2.05, 4.69) is 12.1 Å². The van der Waals surface area contributed by atoms with Gasteiger partial charge in [-0.25, -0.2) is 8.42 Å². The number of hydrogen-bond acceptors (Lipinski definition) is 5. The number of methoxy groups -OCH3 is 1. The fourth-order valence-corrected chi connectivity index (χ4v) is 5.10. The van der Waals surface area contributed by atoms with Crippen molar-refractivity contribution in [3.63, 3.8) is 0 Å². The molecule has 3 aromatic rings. The summed E-state index contributed by atoms with van der Waals surface area (Å²) in [6, 6.07) is 17.3. The van der Waals surface area contributed by atoms with Crippen LogP contribution in [0.3, 0.4) is 0 Å². The summed E-state index contributed by atoms with van der Waals surface area (Å²) in [5, 5.41) is 1.83. The second-order valence-corrected chi connectivity index (χ2v) is 10.9. The van der Waals surface area contributed by atoms with Gasteiger partial charge in [-0.3, -0.25) is 4.79 Å². The van der Waals surface area contributed by atoms with E-state index in [-0.39, 0.29) is 5.97 Å². The molecule has 0 bridgehead atoms. The lowest BCUT2D eigenvalue weighted by molar-refractivity contribution is -0.140.